The van der Waals surface area contributed by atoms with Crippen LogP contribution in [0, 0.1) is 0 Å². The van der Waals surface area contributed by atoms with Crippen LogP contribution in [-0.4, -0.2) is 11.1 Å². The molecule has 2 nitrogen and oxygen atoms in total. The highest BCUT2D eigenvalue weighted by atomic mass is 35.5. The summed E-state index contributed by atoms with van der Waals surface area (Å²) in [6.07, 6.45) is 6.82. The van der Waals surface area contributed by atoms with Gasteiger partial charge in [-0.1, -0.05) is 43.0 Å². The van der Waals surface area contributed by atoms with E-state index >= 15 is 0 Å². The molecule has 86 valence electrons. The third-order valence-corrected chi connectivity index (χ3v) is 3.75. The first-order valence-electron chi connectivity index (χ1n) is 6.05. The Morgan fingerprint density at radius 3 is 2.44 bits per heavy atom. The minimum atomic E-state index is 0.181. The van der Waals surface area contributed by atoms with Crippen LogP contribution in [0.15, 0.2) is 24.3 Å². The van der Waals surface area contributed by atoms with Crippen LogP contribution in [0.2, 0.25) is 5.02 Å². The zero-order chi connectivity index (χ0) is 11.0. The molecule has 16 heavy (non-hydrogen) atoms. The Hall–Kier alpha value is -0.570. The molecule has 1 heterocycles. The lowest BCUT2D eigenvalue weighted by Crippen LogP contribution is -2.21. The molecule has 1 aliphatic heterocycles. The van der Waals surface area contributed by atoms with E-state index in [1.165, 1.54) is 37.7 Å². The first-order valence-corrected chi connectivity index (χ1v) is 6.43. The zero-order valence-corrected chi connectivity index (χ0v) is 9.99. The number of hydrogen-bond donors (Lipinski definition) is 0. The lowest BCUT2D eigenvalue weighted by atomic mass is 9.95. The maximum absolute atomic E-state index is 5.87. The van der Waals surface area contributed by atoms with Gasteiger partial charge >= 0.3 is 0 Å². The summed E-state index contributed by atoms with van der Waals surface area (Å²) in [5.41, 5.74) is 1.22. The Balaban J connectivity index is 1.64. The maximum atomic E-state index is 5.87. The van der Waals surface area contributed by atoms with Gasteiger partial charge in [0.25, 0.3) is 0 Å². The van der Waals surface area contributed by atoms with Crippen molar-refractivity contribution >= 4 is 11.6 Å². The fourth-order valence-corrected chi connectivity index (χ4v) is 2.66. The van der Waals surface area contributed by atoms with Crippen molar-refractivity contribution in [1.29, 1.82) is 0 Å². The molecular weight excluding hydrogens is 222 g/mol. The number of halogens is 1. The van der Waals surface area contributed by atoms with Crippen molar-refractivity contribution in [2.75, 3.05) is 0 Å². The summed E-state index contributed by atoms with van der Waals surface area (Å²) in [5.74, 6) is 0. The molecule has 0 spiro atoms. The van der Waals surface area contributed by atoms with Crippen LogP contribution < -0.4 is 0 Å². The topological polar surface area (TPSA) is 15.5 Å². The maximum Gasteiger partial charge on any atom is 0.180 e. The van der Waals surface area contributed by atoms with Gasteiger partial charge in [-0.25, -0.2) is 0 Å². The Bertz CT molecular complexity index is 359. The molecule has 1 aliphatic carbocycles. The molecule has 0 radical (unpaired) electrons. The van der Waals surface area contributed by atoms with Gasteiger partial charge in [-0.3, -0.25) is 4.84 Å². The molecule has 1 aromatic carbocycles. The van der Waals surface area contributed by atoms with Gasteiger partial charge < -0.3 is 0 Å². The van der Waals surface area contributed by atoms with E-state index in [0.717, 1.165) is 5.02 Å². The van der Waals surface area contributed by atoms with Crippen molar-refractivity contribution in [3.05, 3.63) is 34.9 Å². The second-order valence-corrected chi connectivity index (χ2v) is 5.10. The summed E-state index contributed by atoms with van der Waals surface area (Å²) >= 11 is 5.87. The van der Waals surface area contributed by atoms with Gasteiger partial charge in [-0.2, -0.15) is 0 Å². The van der Waals surface area contributed by atoms with Gasteiger partial charge in [0.15, 0.2) is 6.23 Å². The normalized spacial score (nSPS) is 30.3. The van der Waals surface area contributed by atoms with Crippen molar-refractivity contribution in [2.24, 2.45) is 0 Å². The quantitative estimate of drug-likeness (QED) is 0.725. The Morgan fingerprint density at radius 1 is 1.06 bits per heavy atom. The van der Waals surface area contributed by atoms with Crippen LogP contribution in [0.1, 0.15) is 43.9 Å². The summed E-state index contributed by atoms with van der Waals surface area (Å²) in [5, 5.41) is 2.94. The predicted octanol–water partition coefficient (Wildman–Crippen LogP) is 3.92. The van der Waals surface area contributed by atoms with Gasteiger partial charge in [0.05, 0.1) is 0 Å². The van der Waals surface area contributed by atoms with Crippen molar-refractivity contribution in [3.8, 4) is 0 Å². The van der Waals surface area contributed by atoms with Gasteiger partial charge in [-0.05, 0) is 30.5 Å². The number of hydrogen-bond acceptors (Lipinski definition) is 2. The number of nitrogens with zero attached hydrogens (tertiary/aromatic N) is 1. The number of hydroxylamine groups is 2. The summed E-state index contributed by atoms with van der Waals surface area (Å²) in [7, 11) is 0. The van der Waals surface area contributed by atoms with E-state index in [2.05, 4.69) is 17.2 Å². The number of rotatable bonds is 2. The molecule has 3 rings (SSSR count). The molecule has 1 saturated carbocycles. The second kappa shape index (κ2) is 4.36. The van der Waals surface area contributed by atoms with Crippen LogP contribution in [0.5, 0.6) is 0 Å². The third kappa shape index (κ3) is 2.10. The average Bonchev–Trinajstić information content (AvgIpc) is 3.11. The smallest absolute Gasteiger partial charge is 0.180 e. The SMILES string of the molecule is Clc1ccc([C@@H]2ON2C2CCCCC2)cc1. The molecule has 0 amide bonds. The molecular formula is C13H16ClNO. The van der Waals surface area contributed by atoms with Crippen molar-refractivity contribution in [3.63, 3.8) is 0 Å². The lowest BCUT2D eigenvalue weighted by molar-refractivity contribution is 0.119. The zero-order valence-electron chi connectivity index (χ0n) is 9.23. The van der Waals surface area contributed by atoms with Crippen LogP contribution >= 0.6 is 11.6 Å². The first-order chi connectivity index (χ1) is 7.84. The van der Waals surface area contributed by atoms with E-state index in [0.29, 0.717) is 6.04 Å². The van der Waals surface area contributed by atoms with Crippen molar-refractivity contribution in [2.45, 2.75) is 44.4 Å². The molecule has 1 unspecified atom stereocenters. The minimum absolute atomic E-state index is 0.181. The molecule has 3 heteroatoms. The van der Waals surface area contributed by atoms with Gasteiger partial charge in [0.1, 0.15) is 0 Å². The first kappa shape index (κ1) is 10.6. The van der Waals surface area contributed by atoms with Crippen molar-refractivity contribution < 1.29 is 4.84 Å². The monoisotopic (exact) mass is 237 g/mol. The summed E-state index contributed by atoms with van der Waals surface area (Å²) in [6, 6.07) is 8.59. The molecule has 0 aromatic heterocycles. The molecule has 0 bridgehead atoms. The average molecular weight is 238 g/mol. The summed E-state index contributed by atoms with van der Waals surface area (Å²) in [6.45, 7) is 0. The van der Waals surface area contributed by atoms with Crippen LogP contribution in [0.25, 0.3) is 0 Å². The largest absolute Gasteiger partial charge is 0.270 e. The molecule has 2 fully saturated rings. The summed E-state index contributed by atoms with van der Waals surface area (Å²) < 4.78 is 0. The highest BCUT2D eigenvalue weighted by Gasteiger charge is 2.43. The molecule has 2 atom stereocenters. The van der Waals surface area contributed by atoms with Crippen molar-refractivity contribution in [1.82, 2.24) is 5.06 Å². The van der Waals surface area contributed by atoms with E-state index < -0.39 is 0 Å². The molecule has 1 aromatic rings. The van der Waals surface area contributed by atoms with Crippen LogP contribution in [0.3, 0.4) is 0 Å². The molecule has 1 saturated heterocycles. The standard InChI is InChI=1S/C13H16ClNO/c14-11-8-6-10(7-9-11)13-15(16-13)12-4-2-1-3-5-12/h6-9,12-13H,1-5H2/t13-,15?/m0/s1. The Kier molecular flexibility index (Phi) is 2.88. The lowest BCUT2D eigenvalue weighted by Gasteiger charge is -2.20. The highest BCUT2D eigenvalue weighted by Crippen LogP contribution is 2.42. The molecule has 2 aliphatic rings. The van der Waals surface area contributed by atoms with Gasteiger partial charge in [0, 0.05) is 11.1 Å². The number of benzene rings is 1. The fraction of sp³-hybridized carbons (Fsp3) is 0.538. The van der Waals surface area contributed by atoms with E-state index in [9.17, 15) is 0 Å². The summed E-state index contributed by atoms with van der Waals surface area (Å²) in [4.78, 5) is 5.67. The second-order valence-electron chi connectivity index (χ2n) is 4.66. The highest BCUT2D eigenvalue weighted by molar-refractivity contribution is 6.30. The van der Waals surface area contributed by atoms with E-state index in [1.807, 2.05) is 12.1 Å². The van der Waals surface area contributed by atoms with Gasteiger partial charge in [0.2, 0.25) is 0 Å². The Labute approximate surface area is 101 Å². The fourth-order valence-electron chi connectivity index (χ4n) is 2.54. The Morgan fingerprint density at radius 2 is 1.75 bits per heavy atom. The van der Waals surface area contributed by atoms with E-state index in [1.54, 1.807) is 0 Å². The van der Waals surface area contributed by atoms with Crippen LogP contribution in [0.4, 0.5) is 0 Å². The van der Waals surface area contributed by atoms with Gasteiger partial charge in [-0.15, -0.1) is 5.06 Å². The predicted molar refractivity (Wildman–Crippen MR) is 64.0 cm³/mol. The van der Waals surface area contributed by atoms with E-state index in [4.69, 9.17) is 16.4 Å². The van der Waals surface area contributed by atoms with E-state index in [-0.39, 0.29) is 6.23 Å². The molecule has 0 N–H and O–H groups in total. The third-order valence-electron chi connectivity index (χ3n) is 3.50. The minimum Gasteiger partial charge on any atom is -0.270 e. The van der Waals surface area contributed by atoms with Crippen LogP contribution in [-0.2, 0) is 4.84 Å².